The summed E-state index contributed by atoms with van der Waals surface area (Å²) in [5, 5.41) is 10.6. The van der Waals surface area contributed by atoms with E-state index in [1.165, 1.54) is 0 Å². The van der Waals surface area contributed by atoms with Crippen LogP contribution < -0.4 is 10.1 Å². The number of para-hydroxylation sites is 2. The van der Waals surface area contributed by atoms with Crippen LogP contribution in [0, 0.1) is 0 Å². The molecule has 2 heterocycles. The van der Waals surface area contributed by atoms with Crippen LogP contribution in [0.5, 0.6) is 5.75 Å². The molecule has 7 nitrogen and oxygen atoms in total. The highest BCUT2D eigenvalue weighted by atomic mass is 16.5. The van der Waals surface area contributed by atoms with Crippen molar-refractivity contribution < 1.29 is 9.53 Å². The summed E-state index contributed by atoms with van der Waals surface area (Å²) in [5.41, 5.74) is 1.60. The molecular formula is C18H23N5O2. The maximum Gasteiger partial charge on any atom is 0.321 e. The van der Waals surface area contributed by atoms with Gasteiger partial charge in [-0.2, -0.15) is 0 Å². The lowest BCUT2D eigenvalue weighted by Crippen LogP contribution is -2.41. The first-order valence-corrected chi connectivity index (χ1v) is 8.39. The van der Waals surface area contributed by atoms with Crippen molar-refractivity contribution in [3.8, 4) is 5.75 Å². The van der Waals surface area contributed by atoms with E-state index < -0.39 is 0 Å². The maximum absolute atomic E-state index is 12.6. The van der Waals surface area contributed by atoms with E-state index in [0.29, 0.717) is 37.2 Å². The van der Waals surface area contributed by atoms with E-state index in [0.717, 1.165) is 18.4 Å². The van der Waals surface area contributed by atoms with E-state index in [2.05, 4.69) is 22.1 Å². The minimum atomic E-state index is -0.103. The number of urea groups is 1. The number of nitrogens with zero attached hydrogens (tertiary/aromatic N) is 4. The third-order valence-electron chi connectivity index (χ3n) is 4.21. The molecule has 1 N–H and O–H groups in total. The Morgan fingerprint density at radius 2 is 1.96 bits per heavy atom. The zero-order valence-corrected chi connectivity index (χ0v) is 14.4. The monoisotopic (exact) mass is 341 g/mol. The fourth-order valence-electron chi connectivity index (χ4n) is 2.86. The first-order valence-electron chi connectivity index (χ1n) is 8.39. The Labute approximate surface area is 147 Å². The number of hydrogen-bond acceptors (Lipinski definition) is 4. The SMILES string of the molecule is C=C(C)COc1ccccc1NC(=O)N1CCC(n2cnnc2)CC1. The Kier molecular flexibility index (Phi) is 5.33. The molecule has 1 aliphatic heterocycles. The summed E-state index contributed by atoms with van der Waals surface area (Å²) in [6.45, 7) is 7.56. The van der Waals surface area contributed by atoms with Crippen molar-refractivity contribution in [1.29, 1.82) is 0 Å². The van der Waals surface area contributed by atoms with E-state index in [4.69, 9.17) is 4.74 Å². The summed E-state index contributed by atoms with van der Waals surface area (Å²) in [6.07, 6.45) is 5.24. The molecule has 0 spiro atoms. The van der Waals surface area contributed by atoms with Crippen molar-refractivity contribution >= 4 is 11.7 Å². The second-order valence-electron chi connectivity index (χ2n) is 6.30. The van der Waals surface area contributed by atoms with E-state index in [1.54, 1.807) is 12.7 Å². The van der Waals surface area contributed by atoms with Crippen LogP contribution in [0.15, 0.2) is 49.1 Å². The van der Waals surface area contributed by atoms with Crippen molar-refractivity contribution in [1.82, 2.24) is 19.7 Å². The smallest absolute Gasteiger partial charge is 0.321 e. The van der Waals surface area contributed by atoms with Crippen LogP contribution in [0.2, 0.25) is 0 Å². The molecule has 1 aromatic carbocycles. The number of piperidine rings is 1. The molecule has 0 saturated carbocycles. The van der Waals surface area contributed by atoms with Crippen molar-refractivity contribution in [2.24, 2.45) is 0 Å². The number of benzene rings is 1. The Morgan fingerprint density at radius 3 is 2.64 bits per heavy atom. The maximum atomic E-state index is 12.6. The van der Waals surface area contributed by atoms with Gasteiger partial charge in [-0.3, -0.25) is 0 Å². The van der Waals surface area contributed by atoms with Gasteiger partial charge in [0.2, 0.25) is 0 Å². The zero-order valence-electron chi connectivity index (χ0n) is 14.4. The molecule has 0 radical (unpaired) electrons. The van der Waals surface area contributed by atoms with E-state index in [1.807, 2.05) is 40.7 Å². The van der Waals surface area contributed by atoms with Crippen LogP contribution in [0.4, 0.5) is 10.5 Å². The first-order chi connectivity index (χ1) is 12.1. The Balaban J connectivity index is 1.57. The Hall–Kier alpha value is -2.83. The third-order valence-corrected chi connectivity index (χ3v) is 4.21. The summed E-state index contributed by atoms with van der Waals surface area (Å²) >= 11 is 0. The number of aromatic nitrogens is 3. The number of hydrogen-bond donors (Lipinski definition) is 1. The summed E-state index contributed by atoms with van der Waals surface area (Å²) < 4.78 is 7.71. The molecule has 0 atom stereocenters. The van der Waals surface area contributed by atoms with Gasteiger partial charge in [-0.15, -0.1) is 10.2 Å². The van der Waals surface area contributed by atoms with Gasteiger partial charge in [0.25, 0.3) is 0 Å². The largest absolute Gasteiger partial charge is 0.487 e. The van der Waals surface area contributed by atoms with Gasteiger partial charge in [-0.05, 0) is 37.5 Å². The molecule has 2 aromatic rings. The average Bonchev–Trinajstić information content (AvgIpc) is 3.15. The number of amides is 2. The van der Waals surface area contributed by atoms with Crippen LogP contribution in [0.25, 0.3) is 0 Å². The highest BCUT2D eigenvalue weighted by Crippen LogP contribution is 2.26. The summed E-state index contributed by atoms with van der Waals surface area (Å²) in [6, 6.07) is 7.70. The van der Waals surface area contributed by atoms with Crippen molar-refractivity contribution in [3.05, 3.63) is 49.1 Å². The van der Waals surface area contributed by atoms with Crippen LogP contribution in [0.1, 0.15) is 25.8 Å². The number of anilines is 1. The molecule has 3 rings (SSSR count). The van der Waals surface area contributed by atoms with Crippen LogP contribution in [0.3, 0.4) is 0 Å². The quantitative estimate of drug-likeness (QED) is 0.848. The minimum Gasteiger partial charge on any atom is -0.487 e. The van der Waals surface area contributed by atoms with Gasteiger partial charge < -0.3 is 19.5 Å². The fraction of sp³-hybridized carbons (Fsp3) is 0.389. The number of rotatable bonds is 5. The summed E-state index contributed by atoms with van der Waals surface area (Å²) in [4.78, 5) is 14.4. The lowest BCUT2D eigenvalue weighted by Gasteiger charge is -2.32. The zero-order chi connectivity index (χ0) is 17.6. The first kappa shape index (κ1) is 17.0. The molecule has 0 bridgehead atoms. The van der Waals surface area contributed by atoms with Crippen LogP contribution >= 0.6 is 0 Å². The topological polar surface area (TPSA) is 72.3 Å². The molecule has 0 aliphatic carbocycles. The summed E-state index contributed by atoms with van der Waals surface area (Å²) in [5.74, 6) is 0.651. The lowest BCUT2D eigenvalue weighted by atomic mass is 10.1. The molecular weight excluding hydrogens is 318 g/mol. The highest BCUT2D eigenvalue weighted by Gasteiger charge is 2.24. The molecule has 1 saturated heterocycles. The standard InChI is InChI=1S/C18H23N5O2/c1-14(2)11-25-17-6-4-3-5-16(17)21-18(24)22-9-7-15(8-10-22)23-12-19-20-13-23/h3-6,12-13,15H,1,7-11H2,2H3,(H,21,24). The highest BCUT2D eigenvalue weighted by molar-refractivity contribution is 5.91. The predicted molar refractivity (Wildman–Crippen MR) is 95.6 cm³/mol. The number of ether oxygens (including phenoxy) is 1. The van der Waals surface area contributed by atoms with E-state index in [-0.39, 0.29) is 6.03 Å². The van der Waals surface area contributed by atoms with E-state index >= 15 is 0 Å². The van der Waals surface area contributed by atoms with Gasteiger partial charge in [-0.25, -0.2) is 4.79 Å². The van der Waals surface area contributed by atoms with Gasteiger partial charge in [0.05, 0.1) is 5.69 Å². The van der Waals surface area contributed by atoms with Crippen molar-refractivity contribution in [2.75, 3.05) is 25.0 Å². The number of nitrogens with one attached hydrogen (secondary N) is 1. The minimum absolute atomic E-state index is 0.103. The second kappa shape index (κ2) is 7.83. The van der Waals surface area contributed by atoms with Gasteiger partial charge in [-0.1, -0.05) is 18.7 Å². The second-order valence-corrected chi connectivity index (χ2v) is 6.30. The van der Waals surface area contributed by atoms with Gasteiger partial charge in [0, 0.05) is 19.1 Å². The molecule has 1 aliphatic rings. The normalized spacial score (nSPS) is 15.0. The van der Waals surface area contributed by atoms with Crippen molar-refractivity contribution in [2.45, 2.75) is 25.8 Å². The molecule has 0 unspecified atom stereocenters. The number of carbonyl (C=O) groups excluding carboxylic acids is 1. The molecule has 2 amide bonds. The van der Waals surface area contributed by atoms with Crippen molar-refractivity contribution in [3.63, 3.8) is 0 Å². The summed E-state index contributed by atoms with van der Waals surface area (Å²) in [7, 11) is 0. The van der Waals surface area contributed by atoms with Crippen LogP contribution in [-0.4, -0.2) is 45.4 Å². The number of likely N-dealkylation sites (tertiary alicyclic amines) is 1. The lowest BCUT2D eigenvalue weighted by molar-refractivity contribution is 0.183. The Morgan fingerprint density at radius 1 is 1.28 bits per heavy atom. The molecule has 25 heavy (non-hydrogen) atoms. The van der Waals surface area contributed by atoms with Crippen LogP contribution in [-0.2, 0) is 0 Å². The number of carbonyl (C=O) groups is 1. The molecule has 132 valence electrons. The van der Waals surface area contributed by atoms with Gasteiger partial charge in [0.15, 0.2) is 0 Å². The van der Waals surface area contributed by atoms with Gasteiger partial charge >= 0.3 is 6.03 Å². The third kappa shape index (κ3) is 4.37. The van der Waals surface area contributed by atoms with E-state index in [9.17, 15) is 4.79 Å². The predicted octanol–water partition coefficient (Wildman–Crippen LogP) is 3.10. The van der Waals surface area contributed by atoms with Gasteiger partial charge in [0.1, 0.15) is 25.0 Å². The average molecular weight is 341 g/mol. The molecule has 7 heteroatoms. The fourth-order valence-corrected chi connectivity index (χ4v) is 2.86. The molecule has 1 fully saturated rings. The molecule has 1 aromatic heterocycles. The Bertz CT molecular complexity index is 721.